The first-order valence-electron chi connectivity index (χ1n) is 8.38. The van der Waals surface area contributed by atoms with E-state index in [1.54, 1.807) is 0 Å². The van der Waals surface area contributed by atoms with Gasteiger partial charge in [-0.25, -0.2) is 0 Å². The third kappa shape index (κ3) is 4.86. The summed E-state index contributed by atoms with van der Waals surface area (Å²) in [5.74, 6) is 0. The first-order chi connectivity index (χ1) is 12.0. The van der Waals surface area contributed by atoms with E-state index in [0.29, 0.717) is 0 Å². The summed E-state index contributed by atoms with van der Waals surface area (Å²) in [6.45, 7) is 4.73. The Hall–Kier alpha value is -2.27. The van der Waals surface area contributed by atoms with Crippen molar-refractivity contribution in [3.05, 3.63) is 71.8 Å². The Kier molecular flexibility index (Phi) is 5.43. The highest BCUT2D eigenvalue weighted by Gasteiger charge is 2.29. The third-order valence-electron chi connectivity index (χ3n) is 4.41. The van der Waals surface area contributed by atoms with Crippen molar-refractivity contribution in [2.45, 2.75) is 6.18 Å². The molecule has 1 fully saturated rings. The van der Waals surface area contributed by atoms with Gasteiger partial charge in [-0.05, 0) is 29.8 Å². The van der Waals surface area contributed by atoms with Gasteiger partial charge in [-0.2, -0.15) is 13.2 Å². The number of rotatable bonds is 4. The first-order valence-corrected chi connectivity index (χ1v) is 8.38. The molecule has 2 nitrogen and oxygen atoms in total. The average molecular weight is 346 g/mol. The molecule has 0 aromatic heterocycles. The Balaban J connectivity index is 1.47. The molecule has 0 radical (unpaired) electrons. The number of halogens is 3. The van der Waals surface area contributed by atoms with Gasteiger partial charge in [0, 0.05) is 38.4 Å². The number of hydrogen-bond acceptors (Lipinski definition) is 2. The zero-order chi connectivity index (χ0) is 17.7. The molecule has 2 aromatic carbocycles. The lowest BCUT2D eigenvalue weighted by Crippen LogP contribution is -2.46. The molecular weight excluding hydrogens is 325 g/mol. The topological polar surface area (TPSA) is 6.48 Å². The molecule has 0 aliphatic carbocycles. The highest BCUT2D eigenvalue weighted by atomic mass is 19.4. The molecule has 1 aliphatic rings. The summed E-state index contributed by atoms with van der Waals surface area (Å²) in [4.78, 5) is 4.72. The maximum absolute atomic E-state index is 12.5. The van der Waals surface area contributed by atoms with Crippen LogP contribution in [0.5, 0.6) is 0 Å². The second kappa shape index (κ2) is 7.74. The minimum atomic E-state index is -4.28. The molecule has 1 saturated heterocycles. The number of para-hydroxylation sites is 1. The van der Waals surface area contributed by atoms with E-state index >= 15 is 0 Å². The molecule has 0 amide bonds. The number of anilines is 1. The molecule has 0 N–H and O–H groups in total. The van der Waals surface area contributed by atoms with E-state index in [0.717, 1.165) is 50.4 Å². The van der Waals surface area contributed by atoms with Crippen molar-refractivity contribution in [2.24, 2.45) is 0 Å². The van der Waals surface area contributed by atoms with E-state index in [9.17, 15) is 13.2 Å². The SMILES string of the molecule is FC(F)(F)c1ccc(/C=C/CN2CCN(c3ccccc3)CC2)cc1. The van der Waals surface area contributed by atoms with Gasteiger partial charge in [0.1, 0.15) is 0 Å². The van der Waals surface area contributed by atoms with E-state index in [4.69, 9.17) is 0 Å². The predicted octanol–water partition coefficient (Wildman–Crippen LogP) is 4.54. The quantitative estimate of drug-likeness (QED) is 0.802. The lowest BCUT2D eigenvalue weighted by Gasteiger charge is -2.35. The smallest absolute Gasteiger partial charge is 0.369 e. The summed E-state index contributed by atoms with van der Waals surface area (Å²) in [6, 6.07) is 15.6. The lowest BCUT2D eigenvalue weighted by atomic mass is 10.1. The van der Waals surface area contributed by atoms with Crippen LogP contribution in [0.4, 0.5) is 18.9 Å². The highest BCUT2D eigenvalue weighted by molar-refractivity contribution is 5.50. The summed E-state index contributed by atoms with van der Waals surface area (Å²) in [5.41, 5.74) is 1.43. The zero-order valence-corrected chi connectivity index (χ0v) is 13.9. The van der Waals surface area contributed by atoms with Crippen LogP contribution in [0.3, 0.4) is 0 Å². The van der Waals surface area contributed by atoms with E-state index in [2.05, 4.69) is 34.1 Å². The van der Waals surface area contributed by atoms with E-state index in [1.807, 2.05) is 18.2 Å². The second-order valence-corrected chi connectivity index (χ2v) is 6.15. The van der Waals surface area contributed by atoms with Crippen molar-refractivity contribution in [1.82, 2.24) is 4.90 Å². The summed E-state index contributed by atoms with van der Waals surface area (Å²) in [7, 11) is 0. The fourth-order valence-corrected chi connectivity index (χ4v) is 2.95. The van der Waals surface area contributed by atoms with Crippen LogP contribution >= 0.6 is 0 Å². The van der Waals surface area contributed by atoms with Crippen LogP contribution in [-0.4, -0.2) is 37.6 Å². The van der Waals surface area contributed by atoms with Crippen LogP contribution in [0.1, 0.15) is 11.1 Å². The van der Waals surface area contributed by atoms with Gasteiger partial charge in [0.25, 0.3) is 0 Å². The van der Waals surface area contributed by atoms with Crippen LogP contribution in [-0.2, 0) is 6.18 Å². The molecular formula is C20H21F3N2. The molecule has 1 heterocycles. The third-order valence-corrected chi connectivity index (χ3v) is 4.41. The van der Waals surface area contributed by atoms with E-state index in [1.165, 1.54) is 17.8 Å². The first kappa shape index (κ1) is 17.5. The average Bonchev–Trinajstić information content (AvgIpc) is 2.63. The second-order valence-electron chi connectivity index (χ2n) is 6.15. The number of nitrogens with zero attached hydrogens (tertiary/aromatic N) is 2. The molecule has 0 bridgehead atoms. The Labute approximate surface area is 146 Å². The minimum Gasteiger partial charge on any atom is -0.369 e. The van der Waals surface area contributed by atoms with Gasteiger partial charge in [0.05, 0.1) is 5.56 Å². The van der Waals surface area contributed by atoms with Gasteiger partial charge < -0.3 is 4.90 Å². The monoisotopic (exact) mass is 346 g/mol. The van der Waals surface area contributed by atoms with Crippen molar-refractivity contribution < 1.29 is 13.2 Å². The molecule has 0 saturated carbocycles. The van der Waals surface area contributed by atoms with Gasteiger partial charge in [-0.1, -0.05) is 42.5 Å². The number of hydrogen-bond donors (Lipinski definition) is 0. The Bertz CT molecular complexity index is 685. The van der Waals surface area contributed by atoms with Gasteiger partial charge in [-0.3, -0.25) is 4.90 Å². The summed E-state index contributed by atoms with van der Waals surface area (Å²) < 4.78 is 37.6. The molecule has 1 aliphatic heterocycles. The number of alkyl halides is 3. The van der Waals surface area contributed by atoms with Crippen LogP contribution in [0.2, 0.25) is 0 Å². The fourth-order valence-electron chi connectivity index (χ4n) is 2.95. The molecule has 0 unspecified atom stereocenters. The van der Waals surface area contributed by atoms with Gasteiger partial charge in [0.15, 0.2) is 0 Å². The lowest BCUT2D eigenvalue weighted by molar-refractivity contribution is -0.137. The maximum Gasteiger partial charge on any atom is 0.416 e. The number of benzene rings is 2. The molecule has 5 heteroatoms. The van der Waals surface area contributed by atoms with Gasteiger partial charge in [0.2, 0.25) is 0 Å². The van der Waals surface area contributed by atoms with E-state index < -0.39 is 11.7 Å². The predicted molar refractivity (Wildman–Crippen MR) is 95.6 cm³/mol. The van der Waals surface area contributed by atoms with Crippen molar-refractivity contribution in [3.63, 3.8) is 0 Å². The zero-order valence-electron chi connectivity index (χ0n) is 13.9. The molecule has 2 aromatic rings. The summed E-state index contributed by atoms with van der Waals surface area (Å²) >= 11 is 0. The van der Waals surface area contributed by atoms with Crippen molar-refractivity contribution >= 4 is 11.8 Å². The van der Waals surface area contributed by atoms with Gasteiger partial charge in [-0.15, -0.1) is 0 Å². The summed E-state index contributed by atoms with van der Waals surface area (Å²) in [6.07, 6.45) is -0.384. The van der Waals surface area contributed by atoms with Crippen LogP contribution < -0.4 is 4.90 Å². The van der Waals surface area contributed by atoms with Gasteiger partial charge >= 0.3 is 6.18 Å². The Morgan fingerprint density at radius 3 is 2.08 bits per heavy atom. The van der Waals surface area contributed by atoms with Crippen molar-refractivity contribution in [3.8, 4) is 0 Å². The van der Waals surface area contributed by atoms with Crippen molar-refractivity contribution in [2.75, 3.05) is 37.6 Å². The molecule has 3 rings (SSSR count). The van der Waals surface area contributed by atoms with E-state index in [-0.39, 0.29) is 0 Å². The molecule has 25 heavy (non-hydrogen) atoms. The van der Waals surface area contributed by atoms with Crippen LogP contribution in [0.25, 0.3) is 6.08 Å². The van der Waals surface area contributed by atoms with Crippen molar-refractivity contribution in [1.29, 1.82) is 0 Å². The highest BCUT2D eigenvalue weighted by Crippen LogP contribution is 2.29. The summed E-state index contributed by atoms with van der Waals surface area (Å²) in [5, 5.41) is 0. The minimum absolute atomic E-state index is 0.610. The molecule has 0 spiro atoms. The normalized spacial score (nSPS) is 16.5. The van der Waals surface area contributed by atoms with Crippen LogP contribution in [0, 0.1) is 0 Å². The van der Waals surface area contributed by atoms with Crippen LogP contribution in [0.15, 0.2) is 60.7 Å². The Morgan fingerprint density at radius 2 is 1.48 bits per heavy atom. The fraction of sp³-hybridized carbons (Fsp3) is 0.300. The molecule has 0 atom stereocenters. The maximum atomic E-state index is 12.5. The largest absolute Gasteiger partial charge is 0.416 e. The Morgan fingerprint density at radius 1 is 0.840 bits per heavy atom. The standard InChI is InChI=1S/C20H21F3N2/c21-20(22,23)18-10-8-17(9-11-18)5-4-12-24-13-15-25(16-14-24)19-6-2-1-3-7-19/h1-11H,12-16H2/b5-4+. The molecule has 132 valence electrons. The number of piperazine rings is 1.